The van der Waals surface area contributed by atoms with Gasteiger partial charge in [-0.15, -0.1) is 0 Å². The zero-order valence-electron chi connectivity index (χ0n) is 55.8. The fraction of sp³-hybridized carbons (Fsp3) is 0.368. The average molecular weight is 1350 g/mol. The molecule has 0 atom stereocenters. The monoisotopic (exact) mass is 1350 g/mol. The Balaban J connectivity index is 0.776. The van der Waals surface area contributed by atoms with Crippen molar-refractivity contribution in [3.05, 3.63) is 146 Å². The summed E-state index contributed by atoms with van der Waals surface area (Å²) >= 11 is 0. The first-order valence-corrected chi connectivity index (χ1v) is 32.7. The van der Waals surface area contributed by atoms with Crippen molar-refractivity contribution in [1.82, 2.24) is 0 Å². The van der Waals surface area contributed by atoms with Crippen molar-refractivity contribution in [1.29, 1.82) is 0 Å². The van der Waals surface area contributed by atoms with Crippen molar-refractivity contribution in [3.63, 3.8) is 0 Å². The summed E-state index contributed by atoms with van der Waals surface area (Å²) in [5.74, 6) is 9.73. The van der Waals surface area contributed by atoms with Crippen molar-refractivity contribution >= 4 is 0 Å². The summed E-state index contributed by atoms with van der Waals surface area (Å²) in [6.45, 7) is 6.46. The van der Waals surface area contributed by atoms with E-state index in [4.69, 9.17) is 104 Å². The van der Waals surface area contributed by atoms with Crippen LogP contribution in [-0.4, -0.2) is 187 Å². The van der Waals surface area contributed by atoms with Crippen LogP contribution in [0.15, 0.2) is 146 Å². The minimum absolute atomic E-state index is 0.233. The highest BCUT2D eigenvalue weighted by atomic mass is 16.6. The fourth-order valence-corrected chi connectivity index (χ4v) is 10.9. The maximum absolute atomic E-state index is 6.48. The first-order chi connectivity index (χ1) is 48.4. The molecule has 0 radical (unpaired) electrons. The summed E-state index contributed by atoms with van der Waals surface area (Å²) in [6, 6.07) is 45.1. The summed E-state index contributed by atoms with van der Waals surface area (Å²) in [5.41, 5.74) is 5.92. The molecular weight excluding hydrogens is 1260 g/mol. The van der Waals surface area contributed by atoms with Crippen LogP contribution in [0.5, 0.6) is 92.0 Å². The second-order valence-electron chi connectivity index (χ2n) is 21.9. The lowest BCUT2D eigenvalue weighted by Gasteiger charge is -2.19. The van der Waals surface area contributed by atoms with E-state index in [1.807, 2.05) is 146 Å². The van der Waals surface area contributed by atoms with Crippen LogP contribution in [0.1, 0.15) is 0 Å². The first kappa shape index (κ1) is 69.7. The van der Waals surface area contributed by atoms with E-state index in [1.165, 1.54) is 0 Å². The third kappa shape index (κ3) is 19.8. The van der Waals surface area contributed by atoms with Crippen LogP contribution in [0, 0.1) is 0 Å². The van der Waals surface area contributed by atoms with Gasteiger partial charge in [-0.2, -0.15) is 0 Å². The molecule has 16 bridgehead atoms. The van der Waals surface area contributed by atoms with Gasteiger partial charge in [0.05, 0.1) is 108 Å². The SMILES string of the molecule is COc1ccc2cc1-c1cc(ccc1OC)OCCOCCOc1ccc3cc1-c1cc(ccc1OCCOCCO2)OCCOCCOc1ccc2c(c1)-c1cc(ccc1OCCOCCOc1ccc(OC)c(c1)-c1cc(ccc1OC)OCCOCCO2)OCCOCCO3. The van der Waals surface area contributed by atoms with Gasteiger partial charge in [0.15, 0.2) is 0 Å². The molecule has 0 spiro atoms. The number of benzene rings is 8. The molecule has 0 aromatic heterocycles. The number of hydrogen-bond donors (Lipinski definition) is 0. The zero-order valence-corrected chi connectivity index (χ0v) is 55.8. The van der Waals surface area contributed by atoms with Gasteiger partial charge in [-0.05, 0) is 146 Å². The Kier molecular flexibility index (Phi) is 26.4. The van der Waals surface area contributed by atoms with E-state index in [2.05, 4.69) is 0 Å². The lowest BCUT2D eigenvalue weighted by molar-refractivity contribution is 0.0749. The molecule has 22 nitrogen and oxygen atoms in total. The number of methoxy groups -OCH3 is 4. The molecule has 8 aromatic rings. The van der Waals surface area contributed by atoms with Gasteiger partial charge in [0, 0.05) is 44.5 Å². The quantitative estimate of drug-likeness (QED) is 0.161. The standard InChI is InChI=1S/C76H84O22/c1-77-69-13-5-53-45-61(69)62-46-54(6-14-70(62)78-2)88-38-26-84-30-42-96-74-18-10-58-50-66(74)65-49-57(9-17-73(65)95-41-29-83-25-37-87-53)91-33-21-81-23-35-93-59-11-19-75-67(51-59)68-52-60(94-36-24-82-22-34-92-58)12-20-76(68)98-44-32-86-28-40-90-56-8-16-72(80-4)64(48-56)63-47-55(7-15-71(63)79-3)89-39-27-85-31-43-97-75/h5-20,45-52H,21-44H2,1-4H3. The van der Waals surface area contributed by atoms with Crippen molar-refractivity contribution < 1.29 is 104 Å². The van der Waals surface area contributed by atoms with Crippen molar-refractivity contribution in [3.8, 4) is 136 Å². The third-order valence-corrected chi connectivity index (χ3v) is 15.6. The summed E-state index contributed by atoms with van der Waals surface area (Å²) in [4.78, 5) is 0. The smallest absolute Gasteiger partial charge is 0.127 e. The summed E-state index contributed by atoms with van der Waals surface area (Å²) < 4.78 is 135. The molecule has 11 rings (SSSR count). The van der Waals surface area contributed by atoms with Gasteiger partial charge in [0.1, 0.15) is 171 Å². The summed E-state index contributed by atoms with van der Waals surface area (Å²) in [7, 11) is 6.50. The van der Waals surface area contributed by atoms with E-state index in [1.54, 1.807) is 28.4 Å². The lowest BCUT2D eigenvalue weighted by atomic mass is 10.0. The molecule has 8 aromatic carbocycles. The van der Waals surface area contributed by atoms with Crippen molar-refractivity contribution in [2.24, 2.45) is 0 Å². The molecule has 98 heavy (non-hydrogen) atoms. The molecule has 0 amide bonds. The minimum Gasteiger partial charge on any atom is -0.496 e. The lowest BCUT2D eigenvalue weighted by Crippen LogP contribution is -2.14. The third-order valence-electron chi connectivity index (χ3n) is 15.6. The Morgan fingerprint density at radius 2 is 0.327 bits per heavy atom. The largest absolute Gasteiger partial charge is 0.496 e. The van der Waals surface area contributed by atoms with Gasteiger partial charge in [0.2, 0.25) is 0 Å². The molecule has 0 saturated heterocycles. The van der Waals surface area contributed by atoms with Crippen molar-refractivity contribution in [2.45, 2.75) is 0 Å². The van der Waals surface area contributed by atoms with E-state index < -0.39 is 0 Å². The average Bonchev–Trinajstić information content (AvgIpc) is 0.832. The molecular formula is C76H84O22. The fourth-order valence-electron chi connectivity index (χ4n) is 10.9. The van der Waals surface area contributed by atoms with Crippen LogP contribution in [0.2, 0.25) is 0 Å². The Morgan fingerprint density at radius 1 is 0.173 bits per heavy atom. The van der Waals surface area contributed by atoms with Gasteiger partial charge >= 0.3 is 0 Å². The van der Waals surface area contributed by atoms with Crippen LogP contribution in [-0.2, 0) is 28.4 Å². The number of rotatable bonds is 4. The van der Waals surface area contributed by atoms with Gasteiger partial charge in [-0.1, -0.05) is 0 Å². The maximum Gasteiger partial charge on any atom is 0.127 e. The predicted molar refractivity (Wildman–Crippen MR) is 365 cm³/mol. The number of hydrogen-bond acceptors (Lipinski definition) is 22. The van der Waals surface area contributed by atoms with Crippen LogP contribution in [0.4, 0.5) is 0 Å². The van der Waals surface area contributed by atoms with Gasteiger partial charge in [-0.3, -0.25) is 0 Å². The van der Waals surface area contributed by atoms with E-state index in [-0.39, 0.29) is 132 Å². The topological polar surface area (TPSA) is 203 Å². The molecule has 0 fully saturated rings. The molecule has 0 unspecified atom stereocenters. The Bertz CT molecular complexity index is 3320. The van der Waals surface area contributed by atoms with Gasteiger partial charge in [-0.25, -0.2) is 0 Å². The maximum atomic E-state index is 6.48. The van der Waals surface area contributed by atoms with Crippen LogP contribution >= 0.6 is 0 Å². The minimum atomic E-state index is 0.233. The number of fused-ring (bicyclic) bond motifs is 14. The molecule has 22 heteroatoms. The van der Waals surface area contributed by atoms with Gasteiger partial charge in [0.25, 0.3) is 0 Å². The van der Waals surface area contributed by atoms with Crippen molar-refractivity contribution in [2.75, 3.05) is 187 Å². The molecule has 3 aliphatic rings. The van der Waals surface area contributed by atoms with Crippen LogP contribution < -0.4 is 75.8 Å². The number of ether oxygens (including phenoxy) is 22. The van der Waals surface area contributed by atoms with E-state index in [9.17, 15) is 0 Å². The molecule has 0 aliphatic carbocycles. The molecule has 520 valence electrons. The summed E-state index contributed by atoms with van der Waals surface area (Å²) in [6.07, 6.45) is 0. The molecule has 0 N–H and O–H groups in total. The Hall–Kier alpha value is -9.68. The zero-order chi connectivity index (χ0) is 67.4. The Labute approximate surface area is 571 Å². The highest BCUT2D eigenvalue weighted by Crippen LogP contribution is 2.45. The highest BCUT2D eigenvalue weighted by molar-refractivity contribution is 5.81. The van der Waals surface area contributed by atoms with Crippen LogP contribution in [0.25, 0.3) is 44.5 Å². The normalized spacial score (nSPS) is 16.1. The summed E-state index contributed by atoms with van der Waals surface area (Å²) in [5, 5.41) is 0. The van der Waals surface area contributed by atoms with E-state index in [0.29, 0.717) is 141 Å². The predicted octanol–water partition coefficient (Wildman–Crippen LogP) is 12.2. The highest BCUT2D eigenvalue weighted by Gasteiger charge is 2.21. The first-order valence-electron chi connectivity index (χ1n) is 32.7. The second kappa shape index (κ2) is 37.2. The van der Waals surface area contributed by atoms with Gasteiger partial charge < -0.3 is 104 Å². The second-order valence-corrected chi connectivity index (χ2v) is 21.9. The molecule has 3 aliphatic heterocycles. The Morgan fingerprint density at radius 3 is 0.500 bits per heavy atom. The molecule has 3 heterocycles. The molecule has 0 saturated carbocycles. The van der Waals surface area contributed by atoms with Crippen LogP contribution in [0.3, 0.4) is 0 Å². The van der Waals surface area contributed by atoms with E-state index >= 15 is 0 Å². The van der Waals surface area contributed by atoms with E-state index in [0.717, 1.165) is 22.3 Å².